The van der Waals surface area contributed by atoms with Gasteiger partial charge >= 0.3 is 0 Å². The SMILES string of the molecule is C=CCCCCCn1cncn1. The minimum Gasteiger partial charge on any atom is -0.253 e. The number of aryl methyl sites for hydroxylation is 1. The van der Waals surface area contributed by atoms with Gasteiger partial charge < -0.3 is 0 Å². The molecule has 0 N–H and O–H groups in total. The van der Waals surface area contributed by atoms with E-state index in [-0.39, 0.29) is 0 Å². The van der Waals surface area contributed by atoms with Crippen LogP contribution in [-0.2, 0) is 6.54 Å². The van der Waals surface area contributed by atoms with Crippen molar-refractivity contribution in [2.24, 2.45) is 0 Å². The topological polar surface area (TPSA) is 30.7 Å². The average Bonchev–Trinajstić information content (AvgIpc) is 2.57. The molecule has 3 heteroatoms. The average molecular weight is 165 g/mol. The van der Waals surface area contributed by atoms with Gasteiger partial charge in [-0.05, 0) is 19.3 Å². The lowest BCUT2D eigenvalue weighted by Crippen LogP contribution is -1.97. The summed E-state index contributed by atoms with van der Waals surface area (Å²) in [6.07, 6.45) is 10.1. The third-order valence-corrected chi connectivity index (χ3v) is 1.76. The summed E-state index contributed by atoms with van der Waals surface area (Å²) in [5.74, 6) is 0. The van der Waals surface area contributed by atoms with Crippen LogP contribution in [0.3, 0.4) is 0 Å². The van der Waals surface area contributed by atoms with E-state index < -0.39 is 0 Å². The van der Waals surface area contributed by atoms with E-state index in [0.717, 1.165) is 13.0 Å². The molecule has 0 bridgehead atoms. The molecule has 0 saturated carbocycles. The summed E-state index contributed by atoms with van der Waals surface area (Å²) in [5, 5.41) is 4.02. The maximum Gasteiger partial charge on any atom is 0.137 e. The first-order chi connectivity index (χ1) is 5.93. The quantitative estimate of drug-likeness (QED) is 0.477. The molecule has 12 heavy (non-hydrogen) atoms. The largest absolute Gasteiger partial charge is 0.253 e. The first kappa shape index (κ1) is 8.97. The normalized spacial score (nSPS) is 10.0. The number of rotatable bonds is 6. The van der Waals surface area contributed by atoms with E-state index in [1.807, 2.05) is 10.8 Å². The van der Waals surface area contributed by atoms with E-state index in [1.54, 1.807) is 12.7 Å². The highest BCUT2D eigenvalue weighted by Crippen LogP contribution is 2.01. The molecule has 0 aromatic carbocycles. The fourth-order valence-electron chi connectivity index (χ4n) is 1.09. The van der Waals surface area contributed by atoms with E-state index in [9.17, 15) is 0 Å². The summed E-state index contributed by atoms with van der Waals surface area (Å²) < 4.78 is 1.87. The van der Waals surface area contributed by atoms with Crippen LogP contribution in [0.5, 0.6) is 0 Å². The predicted molar refractivity (Wildman–Crippen MR) is 48.7 cm³/mol. The van der Waals surface area contributed by atoms with Crippen molar-refractivity contribution in [1.29, 1.82) is 0 Å². The monoisotopic (exact) mass is 165 g/mol. The standard InChI is InChI=1S/C9H15N3/c1-2-3-4-5-6-7-12-9-10-8-11-12/h2,8-9H,1,3-7H2. The third kappa shape index (κ3) is 3.32. The molecule has 0 unspecified atom stereocenters. The molecule has 1 aromatic heterocycles. The summed E-state index contributed by atoms with van der Waals surface area (Å²) in [6.45, 7) is 4.66. The maximum atomic E-state index is 4.02. The first-order valence-corrected chi connectivity index (χ1v) is 4.37. The highest BCUT2D eigenvalue weighted by molar-refractivity contribution is 4.65. The fourth-order valence-corrected chi connectivity index (χ4v) is 1.09. The van der Waals surface area contributed by atoms with Crippen molar-refractivity contribution in [1.82, 2.24) is 14.8 Å². The Morgan fingerprint density at radius 1 is 1.33 bits per heavy atom. The van der Waals surface area contributed by atoms with Gasteiger partial charge in [0.05, 0.1) is 0 Å². The highest BCUT2D eigenvalue weighted by atomic mass is 15.3. The highest BCUT2D eigenvalue weighted by Gasteiger charge is 1.90. The minimum atomic E-state index is 0.983. The molecule has 0 aliphatic carbocycles. The molecule has 1 heterocycles. The lowest BCUT2D eigenvalue weighted by Gasteiger charge is -1.98. The second-order valence-electron chi connectivity index (χ2n) is 2.80. The van der Waals surface area contributed by atoms with Gasteiger partial charge in [0, 0.05) is 6.54 Å². The second-order valence-corrected chi connectivity index (χ2v) is 2.80. The number of hydrogen-bond donors (Lipinski definition) is 0. The molecule has 0 radical (unpaired) electrons. The van der Waals surface area contributed by atoms with Gasteiger partial charge in [-0.2, -0.15) is 5.10 Å². The lowest BCUT2D eigenvalue weighted by atomic mass is 10.2. The van der Waals surface area contributed by atoms with E-state index >= 15 is 0 Å². The van der Waals surface area contributed by atoms with Crippen molar-refractivity contribution in [3.63, 3.8) is 0 Å². The fraction of sp³-hybridized carbons (Fsp3) is 0.556. The Labute approximate surface area is 73.1 Å². The summed E-state index contributed by atoms with van der Waals surface area (Å²) in [5.41, 5.74) is 0. The van der Waals surface area contributed by atoms with Gasteiger partial charge in [0.1, 0.15) is 12.7 Å². The molecule has 3 nitrogen and oxygen atoms in total. The van der Waals surface area contributed by atoms with E-state index in [2.05, 4.69) is 16.7 Å². The van der Waals surface area contributed by atoms with Crippen LogP contribution in [0.2, 0.25) is 0 Å². The molecule has 0 spiro atoms. The van der Waals surface area contributed by atoms with Gasteiger partial charge in [-0.25, -0.2) is 4.98 Å². The van der Waals surface area contributed by atoms with Crippen LogP contribution in [0.25, 0.3) is 0 Å². The third-order valence-electron chi connectivity index (χ3n) is 1.76. The van der Waals surface area contributed by atoms with Gasteiger partial charge in [0.15, 0.2) is 0 Å². The Bertz CT molecular complexity index is 204. The smallest absolute Gasteiger partial charge is 0.137 e. The molecular weight excluding hydrogens is 150 g/mol. The molecule has 0 saturated heterocycles. The molecule has 1 aromatic rings. The van der Waals surface area contributed by atoms with E-state index in [0.29, 0.717) is 0 Å². The minimum absolute atomic E-state index is 0.983. The molecule has 1 rings (SSSR count). The number of aromatic nitrogens is 3. The summed E-state index contributed by atoms with van der Waals surface area (Å²) >= 11 is 0. The van der Waals surface area contributed by atoms with Crippen molar-refractivity contribution in [2.75, 3.05) is 0 Å². The van der Waals surface area contributed by atoms with Crippen LogP contribution in [0, 0.1) is 0 Å². The number of nitrogens with zero attached hydrogens (tertiary/aromatic N) is 3. The molecule has 0 atom stereocenters. The maximum absolute atomic E-state index is 4.02. The molecule has 0 aliphatic rings. The van der Waals surface area contributed by atoms with E-state index in [4.69, 9.17) is 0 Å². The van der Waals surface area contributed by atoms with Gasteiger partial charge in [0.25, 0.3) is 0 Å². The molecule has 0 amide bonds. The summed E-state index contributed by atoms with van der Waals surface area (Å²) in [4.78, 5) is 3.87. The summed E-state index contributed by atoms with van der Waals surface area (Å²) in [6, 6.07) is 0. The second kappa shape index (κ2) is 5.52. The van der Waals surface area contributed by atoms with Crippen molar-refractivity contribution in [2.45, 2.75) is 32.2 Å². The predicted octanol–water partition coefficient (Wildman–Crippen LogP) is 2.02. The molecule has 0 fully saturated rings. The van der Waals surface area contributed by atoms with Crippen LogP contribution in [0.15, 0.2) is 25.3 Å². The van der Waals surface area contributed by atoms with Crippen LogP contribution < -0.4 is 0 Å². The van der Waals surface area contributed by atoms with Crippen LogP contribution in [-0.4, -0.2) is 14.8 Å². The van der Waals surface area contributed by atoms with Crippen LogP contribution >= 0.6 is 0 Å². The zero-order valence-electron chi connectivity index (χ0n) is 7.32. The van der Waals surface area contributed by atoms with Crippen molar-refractivity contribution in [3.05, 3.63) is 25.3 Å². The van der Waals surface area contributed by atoms with Gasteiger partial charge in [-0.1, -0.05) is 12.5 Å². The van der Waals surface area contributed by atoms with Crippen molar-refractivity contribution >= 4 is 0 Å². The van der Waals surface area contributed by atoms with Gasteiger partial charge in [0.2, 0.25) is 0 Å². The van der Waals surface area contributed by atoms with E-state index in [1.165, 1.54) is 19.3 Å². The van der Waals surface area contributed by atoms with Crippen LogP contribution in [0.1, 0.15) is 25.7 Å². The first-order valence-electron chi connectivity index (χ1n) is 4.37. The van der Waals surface area contributed by atoms with Gasteiger partial charge in [-0.15, -0.1) is 6.58 Å². The Kier molecular flexibility index (Phi) is 4.13. The Hall–Kier alpha value is -1.12. The zero-order chi connectivity index (χ0) is 8.65. The molecule has 0 aliphatic heterocycles. The van der Waals surface area contributed by atoms with Gasteiger partial charge in [-0.3, -0.25) is 4.68 Å². The Morgan fingerprint density at radius 3 is 2.92 bits per heavy atom. The molecular formula is C9H15N3. The summed E-state index contributed by atoms with van der Waals surface area (Å²) in [7, 11) is 0. The number of hydrogen-bond acceptors (Lipinski definition) is 2. The Balaban J connectivity index is 2.00. The van der Waals surface area contributed by atoms with Crippen molar-refractivity contribution in [3.8, 4) is 0 Å². The van der Waals surface area contributed by atoms with Crippen molar-refractivity contribution < 1.29 is 0 Å². The zero-order valence-corrected chi connectivity index (χ0v) is 7.32. The number of allylic oxidation sites excluding steroid dienone is 1. The molecule has 66 valence electrons. The van der Waals surface area contributed by atoms with Crippen LogP contribution in [0.4, 0.5) is 0 Å². The lowest BCUT2D eigenvalue weighted by molar-refractivity contribution is 0.545. The Morgan fingerprint density at radius 2 is 2.25 bits per heavy atom. The number of unbranched alkanes of at least 4 members (excludes halogenated alkanes) is 3.